The van der Waals surface area contributed by atoms with Crippen molar-refractivity contribution in [2.24, 2.45) is 5.73 Å². The molecule has 0 spiro atoms. The van der Waals surface area contributed by atoms with Crippen molar-refractivity contribution in [2.45, 2.75) is 0 Å². The van der Waals surface area contributed by atoms with Gasteiger partial charge in [0.25, 0.3) is 5.91 Å². The van der Waals surface area contributed by atoms with Gasteiger partial charge in [-0.3, -0.25) is 9.59 Å². The summed E-state index contributed by atoms with van der Waals surface area (Å²) in [6.45, 7) is -0.208. The molecule has 182 valence electrons. The van der Waals surface area contributed by atoms with Crippen molar-refractivity contribution in [2.75, 3.05) is 17.2 Å². The number of aromatic hydroxyl groups is 1. The van der Waals surface area contributed by atoms with Crippen molar-refractivity contribution in [1.29, 1.82) is 5.26 Å². The summed E-state index contributed by atoms with van der Waals surface area (Å²) in [7, 11) is 0. The number of nitrogens with one attached hydrogen (secondary N) is 2. The molecule has 0 aliphatic rings. The number of phenols is 1. The maximum atomic E-state index is 13.6. The first kappa shape index (κ1) is 25.9. The van der Waals surface area contributed by atoms with Gasteiger partial charge in [0, 0.05) is 22.9 Å². The van der Waals surface area contributed by atoms with E-state index >= 15 is 0 Å². The third-order valence-electron chi connectivity index (χ3n) is 4.99. The third kappa shape index (κ3) is 5.50. The minimum atomic E-state index is -0.644. The minimum Gasteiger partial charge on any atom is -0.507 e. The monoisotopic (exact) mass is 507 g/mol. The zero-order valence-corrected chi connectivity index (χ0v) is 19.3. The van der Waals surface area contributed by atoms with Crippen LogP contribution in [-0.2, 0) is 4.79 Å². The average Bonchev–Trinajstić information content (AvgIpc) is 3.39. The number of amides is 2. The van der Waals surface area contributed by atoms with E-state index in [9.17, 15) is 24.3 Å². The molecule has 36 heavy (non-hydrogen) atoms. The van der Waals surface area contributed by atoms with Gasteiger partial charge in [0.2, 0.25) is 5.91 Å². The Kier molecular flexibility index (Phi) is 8.01. The predicted octanol–water partition coefficient (Wildman–Crippen LogP) is 4.30. The van der Waals surface area contributed by atoms with Crippen molar-refractivity contribution in [3.63, 3.8) is 0 Å². The number of furan rings is 1. The van der Waals surface area contributed by atoms with Gasteiger partial charge in [-0.15, -0.1) is 12.4 Å². The molecule has 0 saturated heterocycles. The summed E-state index contributed by atoms with van der Waals surface area (Å²) in [6.07, 6.45) is 1.33. The Morgan fingerprint density at radius 2 is 1.89 bits per heavy atom. The maximum Gasteiger partial charge on any atom is 0.292 e. The number of benzene rings is 2. The normalized spacial score (nSPS) is 10.1. The van der Waals surface area contributed by atoms with Crippen LogP contribution in [0, 0.1) is 17.1 Å². The second-order valence-electron chi connectivity index (χ2n) is 7.32. The fourth-order valence-electron chi connectivity index (χ4n) is 3.39. The second-order valence-corrected chi connectivity index (χ2v) is 7.32. The van der Waals surface area contributed by atoms with Gasteiger partial charge < -0.3 is 25.9 Å². The lowest BCUT2D eigenvalue weighted by molar-refractivity contribution is -0.114. The van der Waals surface area contributed by atoms with E-state index in [1.54, 1.807) is 24.3 Å². The van der Waals surface area contributed by atoms with Gasteiger partial charge in [-0.25, -0.2) is 9.37 Å². The van der Waals surface area contributed by atoms with Gasteiger partial charge in [-0.05, 0) is 48.0 Å². The average molecular weight is 508 g/mol. The molecule has 2 amide bonds. The summed E-state index contributed by atoms with van der Waals surface area (Å²) in [5.41, 5.74) is 7.03. The molecule has 0 aliphatic carbocycles. The van der Waals surface area contributed by atoms with E-state index in [1.165, 1.54) is 30.5 Å². The van der Waals surface area contributed by atoms with Gasteiger partial charge in [-0.2, -0.15) is 5.26 Å². The van der Waals surface area contributed by atoms with Crippen molar-refractivity contribution >= 4 is 35.7 Å². The van der Waals surface area contributed by atoms with Gasteiger partial charge in [-0.1, -0.05) is 12.1 Å². The molecule has 9 nitrogen and oxygen atoms in total. The van der Waals surface area contributed by atoms with Crippen LogP contribution in [0.4, 0.5) is 15.9 Å². The highest BCUT2D eigenvalue weighted by Gasteiger charge is 2.20. The molecule has 0 bridgehead atoms. The molecule has 0 unspecified atom stereocenters. The summed E-state index contributed by atoms with van der Waals surface area (Å²) in [5.74, 6) is -2.16. The van der Waals surface area contributed by atoms with Crippen LogP contribution >= 0.6 is 12.4 Å². The fraction of sp³-hybridized carbons (Fsp3) is 0.0400. The van der Waals surface area contributed by atoms with Crippen LogP contribution in [-0.4, -0.2) is 28.4 Å². The van der Waals surface area contributed by atoms with Gasteiger partial charge in [0.15, 0.2) is 11.6 Å². The summed E-state index contributed by atoms with van der Waals surface area (Å²) in [4.78, 5) is 28.7. The van der Waals surface area contributed by atoms with Crippen molar-refractivity contribution in [1.82, 2.24) is 4.98 Å². The molecular weight excluding hydrogens is 489 g/mol. The van der Waals surface area contributed by atoms with E-state index < -0.39 is 17.6 Å². The first-order valence-electron chi connectivity index (χ1n) is 10.3. The lowest BCUT2D eigenvalue weighted by Gasteiger charge is -2.14. The van der Waals surface area contributed by atoms with Crippen LogP contribution in [0.2, 0.25) is 0 Å². The number of hydrogen-bond acceptors (Lipinski definition) is 7. The molecule has 0 saturated carbocycles. The van der Waals surface area contributed by atoms with Crippen LogP contribution in [0.25, 0.3) is 22.4 Å². The number of anilines is 2. The van der Waals surface area contributed by atoms with E-state index in [1.807, 2.05) is 6.07 Å². The number of rotatable bonds is 6. The standard InChI is InChI=1S/C25H18FN5O4.ClH/c26-15-6-7-17(21(32)10-15)20-11-18(14-3-1-4-16(9-14)29-23(33)13-28)19(12-27)24(30-20)31-25(34)22-5-2-8-35-22;/h1-11,32H,13,28H2,(H,29,33)(H,30,31,34);1H. The van der Waals surface area contributed by atoms with Gasteiger partial charge in [0.05, 0.1) is 18.5 Å². The quantitative estimate of drug-likeness (QED) is 0.303. The van der Waals surface area contributed by atoms with Crippen LogP contribution in [0.3, 0.4) is 0 Å². The summed E-state index contributed by atoms with van der Waals surface area (Å²) in [6, 6.07) is 16.6. The number of nitriles is 1. The molecule has 0 atom stereocenters. The van der Waals surface area contributed by atoms with Crippen LogP contribution < -0.4 is 16.4 Å². The second kappa shape index (κ2) is 11.1. The van der Waals surface area contributed by atoms with Crippen LogP contribution in [0.5, 0.6) is 5.75 Å². The number of nitrogens with zero attached hydrogens (tertiary/aromatic N) is 2. The Morgan fingerprint density at radius 1 is 1.08 bits per heavy atom. The molecule has 0 aliphatic heterocycles. The van der Waals surface area contributed by atoms with E-state index in [2.05, 4.69) is 15.6 Å². The highest BCUT2D eigenvalue weighted by Crippen LogP contribution is 2.36. The number of halogens is 2. The number of carbonyl (C=O) groups is 2. The Balaban J connectivity index is 0.00000361. The number of pyridine rings is 1. The number of nitrogens with two attached hydrogens (primary N) is 1. The molecule has 5 N–H and O–H groups in total. The summed E-state index contributed by atoms with van der Waals surface area (Å²) in [5, 5.41) is 25.5. The molecule has 4 aromatic rings. The number of phenolic OH excluding ortho intramolecular Hbond substituents is 1. The smallest absolute Gasteiger partial charge is 0.292 e. The van der Waals surface area contributed by atoms with E-state index in [-0.39, 0.29) is 53.1 Å². The molecule has 2 aromatic carbocycles. The predicted molar refractivity (Wildman–Crippen MR) is 133 cm³/mol. The number of carbonyl (C=O) groups excluding carboxylic acids is 2. The lowest BCUT2D eigenvalue weighted by atomic mass is 9.97. The highest BCUT2D eigenvalue weighted by molar-refractivity contribution is 6.03. The topological polar surface area (TPSA) is 154 Å². The van der Waals surface area contributed by atoms with Gasteiger partial charge in [0.1, 0.15) is 23.2 Å². The van der Waals surface area contributed by atoms with Crippen molar-refractivity contribution in [3.05, 3.63) is 84.1 Å². The molecule has 4 rings (SSSR count). The summed E-state index contributed by atoms with van der Waals surface area (Å²) < 4.78 is 18.7. The third-order valence-corrected chi connectivity index (χ3v) is 4.99. The minimum absolute atomic E-state index is 0. The van der Waals surface area contributed by atoms with E-state index in [4.69, 9.17) is 10.2 Å². The molecule has 2 heterocycles. The van der Waals surface area contributed by atoms with Crippen molar-refractivity contribution < 1.29 is 23.5 Å². The summed E-state index contributed by atoms with van der Waals surface area (Å²) >= 11 is 0. The first-order valence-corrected chi connectivity index (χ1v) is 10.3. The van der Waals surface area contributed by atoms with Crippen molar-refractivity contribution in [3.8, 4) is 34.2 Å². The zero-order chi connectivity index (χ0) is 24.9. The maximum absolute atomic E-state index is 13.6. The Morgan fingerprint density at radius 3 is 2.56 bits per heavy atom. The Bertz CT molecular complexity index is 1470. The highest BCUT2D eigenvalue weighted by atomic mass is 35.5. The largest absolute Gasteiger partial charge is 0.507 e. The molecule has 11 heteroatoms. The fourth-order valence-corrected chi connectivity index (χ4v) is 3.39. The molecular formula is C25H19ClFN5O4. The molecule has 2 aromatic heterocycles. The van der Waals surface area contributed by atoms with Crippen LogP contribution in [0.1, 0.15) is 16.1 Å². The number of aromatic nitrogens is 1. The molecule has 0 radical (unpaired) electrons. The molecule has 0 fully saturated rings. The SMILES string of the molecule is Cl.N#Cc1c(-c2cccc(NC(=O)CN)c2)cc(-c2ccc(F)cc2O)nc1NC(=O)c1ccco1. The Labute approximate surface area is 210 Å². The number of hydrogen-bond donors (Lipinski definition) is 4. The van der Waals surface area contributed by atoms with E-state index in [0.29, 0.717) is 16.8 Å². The first-order chi connectivity index (χ1) is 16.9. The van der Waals surface area contributed by atoms with E-state index in [0.717, 1.165) is 12.1 Å². The van der Waals surface area contributed by atoms with Gasteiger partial charge >= 0.3 is 0 Å². The Hall–Kier alpha value is -4.72. The van der Waals surface area contributed by atoms with Crippen LogP contribution in [0.15, 0.2) is 71.3 Å². The zero-order valence-electron chi connectivity index (χ0n) is 18.5. The lowest BCUT2D eigenvalue weighted by Crippen LogP contribution is -2.21.